The molecule has 4 nitrogen and oxygen atoms in total. The summed E-state index contributed by atoms with van der Waals surface area (Å²) in [5.74, 6) is 0.850. The Kier molecular flexibility index (Phi) is 12.1. The first-order chi connectivity index (χ1) is 14.4. The molecule has 0 radical (unpaired) electrons. The van der Waals surface area contributed by atoms with Crippen molar-refractivity contribution in [1.82, 2.24) is 4.90 Å². The maximum Gasteiger partial charge on any atom is 0.222 e. The molecule has 0 N–H and O–H groups in total. The van der Waals surface area contributed by atoms with Crippen LogP contribution in [-0.2, 0) is 27.2 Å². The van der Waals surface area contributed by atoms with Gasteiger partial charge in [0, 0.05) is 31.5 Å². The molecule has 0 aliphatic heterocycles. The van der Waals surface area contributed by atoms with Crippen LogP contribution >= 0.6 is 0 Å². The summed E-state index contributed by atoms with van der Waals surface area (Å²) in [5.41, 5.74) is 3.31. The van der Waals surface area contributed by atoms with E-state index in [0.717, 1.165) is 57.2 Å². The van der Waals surface area contributed by atoms with Crippen LogP contribution in [0.2, 0.25) is 0 Å². The number of ether oxygens (including phenoxy) is 1. The van der Waals surface area contributed by atoms with Gasteiger partial charge in [-0.2, -0.15) is 0 Å². The van der Waals surface area contributed by atoms with Crippen molar-refractivity contribution >= 4 is 11.7 Å². The largest absolute Gasteiger partial charge is 0.483 e. The summed E-state index contributed by atoms with van der Waals surface area (Å²) in [6.07, 6.45) is 6.13. The first kappa shape index (κ1) is 25.9. The van der Waals surface area contributed by atoms with Crippen LogP contribution in [0.3, 0.4) is 0 Å². The van der Waals surface area contributed by atoms with E-state index in [9.17, 15) is 9.59 Å². The number of carbonyl (C=O) groups is 2. The average molecular weight is 416 g/mol. The van der Waals surface area contributed by atoms with Crippen molar-refractivity contribution in [3.63, 3.8) is 0 Å². The minimum Gasteiger partial charge on any atom is -0.483 e. The SMILES string of the molecule is C=C(C)OC(C(=O)CCCC)c1ccc(CCC(=O)N(CC)CC)c(CCCC)c1. The van der Waals surface area contributed by atoms with E-state index in [1.807, 2.05) is 24.8 Å². The molecule has 0 spiro atoms. The van der Waals surface area contributed by atoms with Gasteiger partial charge < -0.3 is 9.64 Å². The second-order valence-electron chi connectivity index (χ2n) is 7.97. The maximum absolute atomic E-state index is 12.8. The summed E-state index contributed by atoms with van der Waals surface area (Å²) in [7, 11) is 0. The highest BCUT2D eigenvalue weighted by atomic mass is 16.5. The lowest BCUT2D eigenvalue weighted by Crippen LogP contribution is -2.30. The van der Waals surface area contributed by atoms with Crippen molar-refractivity contribution in [3.05, 3.63) is 47.2 Å². The zero-order chi connectivity index (χ0) is 22.5. The van der Waals surface area contributed by atoms with Crippen molar-refractivity contribution in [2.75, 3.05) is 13.1 Å². The molecule has 4 heteroatoms. The van der Waals surface area contributed by atoms with Crippen LogP contribution < -0.4 is 0 Å². The maximum atomic E-state index is 12.8. The third-order valence-corrected chi connectivity index (χ3v) is 5.45. The average Bonchev–Trinajstić information content (AvgIpc) is 2.73. The van der Waals surface area contributed by atoms with Gasteiger partial charge in [-0.25, -0.2) is 0 Å². The number of ketones is 1. The molecule has 168 valence electrons. The molecule has 1 atom stereocenters. The number of hydrogen-bond acceptors (Lipinski definition) is 3. The molecule has 0 aliphatic rings. The van der Waals surface area contributed by atoms with E-state index in [0.29, 0.717) is 18.6 Å². The molecule has 0 aliphatic carbocycles. The lowest BCUT2D eigenvalue weighted by molar-refractivity contribution is -0.130. The van der Waals surface area contributed by atoms with E-state index < -0.39 is 6.10 Å². The van der Waals surface area contributed by atoms with E-state index in [1.165, 1.54) is 11.1 Å². The van der Waals surface area contributed by atoms with E-state index in [4.69, 9.17) is 4.74 Å². The van der Waals surface area contributed by atoms with Crippen molar-refractivity contribution < 1.29 is 14.3 Å². The Hall–Kier alpha value is -2.10. The second-order valence-corrected chi connectivity index (χ2v) is 7.97. The zero-order valence-electron chi connectivity index (χ0n) is 19.8. The summed E-state index contributed by atoms with van der Waals surface area (Å²) in [4.78, 5) is 27.1. The van der Waals surface area contributed by atoms with Gasteiger partial charge >= 0.3 is 0 Å². The van der Waals surface area contributed by atoms with Gasteiger partial charge in [0.05, 0.1) is 5.76 Å². The van der Waals surface area contributed by atoms with Gasteiger partial charge in [-0.1, -0.05) is 51.5 Å². The summed E-state index contributed by atoms with van der Waals surface area (Å²) in [5, 5.41) is 0. The molecule has 0 bridgehead atoms. The molecular weight excluding hydrogens is 374 g/mol. The third kappa shape index (κ3) is 8.33. The topological polar surface area (TPSA) is 46.6 Å². The highest BCUT2D eigenvalue weighted by Crippen LogP contribution is 2.27. The molecule has 0 heterocycles. The molecule has 1 aromatic rings. The summed E-state index contributed by atoms with van der Waals surface area (Å²) in [6, 6.07) is 6.19. The Morgan fingerprint density at radius 3 is 2.20 bits per heavy atom. The molecule has 1 unspecified atom stereocenters. The minimum absolute atomic E-state index is 0.103. The first-order valence-corrected chi connectivity index (χ1v) is 11.6. The fraction of sp³-hybridized carbons (Fsp3) is 0.615. The van der Waals surface area contributed by atoms with Crippen LogP contribution in [0.5, 0.6) is 0 Å². The number of nitrogens with zero attached hydrogens (tertiary/aromatic N) is 1. The van der Waals surface area contributed by atoms with Gasteiger partial charge in [-0.3, -0.25) is 9.59 Å². The number of rotatable bonds is 15. The Labute approximate surface area is 183 Å². The fourth-order valence-electron chi connectivity index (χ4n) is 3.63. The van der Waals surface area contributed by atoms with Crippen molar-refractivity contribution in [1.29, 1.82) is 0 Å². The van der Waals surface area contributed by atoms with Gasteiger partial charge in [0.2, 0.25) is 5.91 Å². The fourth-order valence-corrected chi connectivity index (χ4v) is 3.63. The Morgan fingerprint density at radius 2 is 1.63 bits per heavy atom. The summed E-state index contributed by atoms with van der Waals surface area (Å²) >= 11 is 0. The number of carbonyl (C=O) groups excluding carboxylic acids is 2. The minimum atomic E-state index is -0.596. The van der Waals surface area contributed by atoms with Crippen molar-refractivity contribution in [2.45, 2.75) is 92.1 Å². The van der Waals surface area contributed by atoms with Gasteiger partial charge in [0.1, 0.15) is 0 Å². The molecule has 1 aromatic carbocycles. The lowest BCUT2D eigenvalue weighted by Gasteiger charge is -2.21. The zero-order valence-corrected chi connectivity index (χ0v) is 19.8. The molecule has 0 aromatic heterocycles. The summed E-state index contributed by atoms with van der Waals surface area (Å²) < 4.78 is 5.85. The van der Waals surface area contributed by atoms with Gasteiger partial charge in [-0.15, -0.1) is 0 Å². The third-order valence-electron chi connectivity index (χ3n) is 5.45. The second kappa shape index (κ2) is 14.0. The standard InChI is InChI=1S/C26H41NO3/c1-7-11-13-22-19-23(26(30-20(5)6)24(28)14-12-8-2)16-15-21(22)17-18-25(29)27(9-3)10-4/h15-16,19,26H,5,7-14,17-18H2,1-4,6H3. The molecule has 30 heavy (non-hydrogen) atoms. The van der Waals surface area contributed by atoms with E-state index in [2.05, 4.69) is 32.6 Å². The van der Waals surface area contributed by atoms with E-state index in [-0.39, 0.29) is 11.7 Å². The van der Waals surface area contributed by atoms with Gasteiger partial charge in [0.25, 0.3) is 0 Å². The number of allylic oxidation sites excluding steroid dienone is 1. The quantitative estimate of drug-likeness (QED) is 0.321. The van der Waals surface area contributed by atoms with E-state index >= 15 is 0 Å². The Morgan fingerprint density at radius 1 is 0.967 bits per heavy atom. The van der Waals surface area contributed by atoms with Gasteiger partial charge in [-0.05, 0) is 57.6 Å². The normalized spacial score (nSPS) is 11.8. The molecule has 1 rings (SSSR count). The van der Waals surface area contributed by atoms with Crippen LogP contribution in [0.4, 0.5) is 0 Å². The predicted molar refractivity (Wildman–Crippen MR) is 124 cm³/mol. The van der Waals surface area contributed by atoms with Crippen molar-refractivity contribution in [3.8, 4) is 0 Å². The molecular formula is C26H41NO3. The summed E-state index contributed by atoms with van der Waals surface area (Å²) in [6.45, 7) is 15.4. The van der Waals surface area contributed by atoms with Crippen LogP contribution in [0, 0.1) is 0 Å². The molecule has 0 saturated heterocycles. The lowest BCUT2D eigenvalue weighted by atomic mass is 9.92. The smallest absolute Gasteiger partial charge is 0.222 e. The number of amides is 1. The number of unbranched alkanes of at least 4 members (excludes halogenated alkanes) is 2. The van der Waals surface area contributed by atoms with Gasteiger partial charge in [0.15, 0.2) is 11.9 Å². The first-order valence-electron chi connectivity index (χ1n) is 11.6. The molecule has 0 fully saturated rings. The number of hydrogen-bond donors (Lipinski definition) is 0. The van der Waals surface area contributed by atoms with Crippen molar-refractivity contribution in [2.24, 2.45) is 0 Å². The highest BCUT2D eigenvalue weighted by molar-refractivity contribution is 5.84. The van der Waals surface area contributed by atoms with Crippen LogP contribution in [0.15, 0.2) is 30.5 Å². The van der Waals surface area contributed by atoms with E-state index in [1.54, 1.807) is 6.92 Å². The van der Waals surface area contributed by atoms with Crippen LogP contribution in [0.1, 0.15) is 95.9 Å². The Balaban J connectivity index is 3.11. The monoisotopic (exact) mass is 415 g/mol. The number of benzene rings is 1. The molecule has 0 saturated carbocycles. The predicted octanol–water partition coefficient (Wildman–Crippen LogP) is 6.18. The number of Topliss-reactive ketones (excluding diaryl/α,β-unsaturated/α-hetero) is 1. The Bertz CT molecular complexity index is 692. The van der Waals surface area contributed by atoms with Crippen LogP contribution in [-0.4, -0.2) is 29.7 Å². The van der Waals surface area contributed by atoms with Crippen LogP contribution in [0.25, 0.3) is 0 Å². The highest BCUT2D eigenvalue weighted by Gasteiger charge is 2.23. The number of aryl methyl sites for hydroxylation is 2. The molecule has 1 amide bonds.